The number of carbonyl (C=O) groups is 1. The Morgan fingerprint density at radius 1 is 1.20 bits per heavy atom. The topological polar surface area (TPSA) is 52.2 Å². The molecule has 2 aromatic heterocycles. The van der Waals surface area contributed by atoms with Crippen molar-refractivity contribution in [1.29, 1.82) is 0 Å². The quantitative estimate of drug-likeness (QED) is 0.309. The normalized spacial score (nSPS) is 16.2. The number of aromatic amines is 1. The van der Waals surface area contributed by atoms with Crippen molar-refractivity contribution in [3.05, 3.63) is 47.1 Å². The summed E-state index contributed by atoms with van der Waals surface area (Å²) >= 11 is 1.40. The average molecular weight is 507 g/mol. The molecule has 0 spiro atoms. The zero-order chi connectivity index (χ0) is 24.8. The number of piperazine rings is 1. The van der Waals surface area contributed by atoms with E-state index in [4.69, 9.17) is 0 Å². The Bertz CT molecular complexity index is 1100. The van der Waals surface area contributed by atoms with Gasteiger partial charge in [0.15, 0.2) is 10.9 Å². The number of nitrogens with zero attached hydrogens (tertiary/aromatic N) is 3. The van der Waals surface area contributed by atoms with E-state index in [-0.39, 0.29) is 18.2 Å². The molecule has 1 aromatic carbocycles. The molecule has 190 valence electrons. The van der Waals surface area contributed by atoms with Crippen molar-refractivity contribution in [2.24, 2.45) is 5.92 Å². The number of fused-ring (bicyclic) bond motifs is 1. The second-order valence-corrected chi connectivity index (χ2v) is 10.4. The van der Waals surface area contributed by atoms with Gasteiger partial charge >= 0.3 is 6.18 Å². The van der Waals surface area contributed by atoms with Gasteiger partial charge < -0.3 is 9.88 Å². The molecule has 5 nitrogen and oxygen atoms in total. The molecule has 0 amide bonds. The molecule has 1 fully saturated rings. The first-order valence-electron chi connectivity index (χ1n) is 12.4. The average Bonchev–Trinajstić information content (AvgIpc) is 3.49. The second-order valence-electron chi connectivity index (χ2n) is 9.40. The molecular weight excluding hydrogens is 473 g/mol. The minimum Gasteiger partial charge on any atom is -0.361 e. The number of ketones is 1. The van der Waals surface area contributed by atoms with Crippen LogP contribution in [0.3, 0.4) is 0 Å². The molecule has 1 unspecified atom stereocenters. The maximum absolute atomic E-state index is 13.2. The molecule has 0 aliphatic carbocycles. The zero-order valence-corrected chi connectivity index (χ0v) is 20.9. The van der Waals surface area contributed by atoms with Crippen LogP contribution in [0, 0.1) is 5.92 Å². The molecule has 3 heterocycles. The highest BCUT2D eigenvalue weighted by molar-refractivity contribution is 7.17. The summed E-state index contributed by atoms with van der Waals surface area (Å²) in [6.45, 7) is 4.60. The number of thiazole rings is 1. The molecule has 4 rings (SSSR count). The van der Waals surface area contributed by atoms with Gasteiger partial charge in [0.1, 0.15) is 0 Å². The van der Waals surface area contributed by atoms with Gasteiger partial charge in [-0.05, 0) is 30.4 Å². The zero-order valence-electron chi connectivity index (χ0n) is 20.1. The highest BCUT2D eigenvalue weighted by Gasteiger charge is 2.29. The van der Waals surface area contributed by atoms with Gasteiger partial charge in [0.05, 0.1) is 17.5 Å². The Morgan fingerprint density at radius 2 is 1.97 bits per heavy atom. The summed E-state index contributed by atoms with van der Waals surface area (Å²) in [5.41, 5.74) is 2.37. The van der Waals surface area contributed by atoms with Gasteiger partial charge in [-0.3, -0.25) is 9.69 Å². The molecule has 1 saturated heterocycles. The Hall–Kier alpha value is -2.39. The number of halogens is 3. The number of rotatable bonds is 11. The number of nitrogens with one attached hydrogen (secondary N) is 1. The van der Waals surface area contributed by atoms with Gasteiger partial charge in [-0.1, -0.05) is 49.3 Å². The van der Waals surface area contributed by atoms with Crippen LogP contribution in [0.2, 0.25) is 0 Å². The number of Topliss-reactive ketones (excluding diaryl/α,β-unsaturated/α-hetero) is 1. The number of para-hydroxylation sites is 1. The summed E-state index contributed by atoms with van der Waals surface area (Å²) in [5.74, 6) is 0.392. The summed E-state index contributed by atoms with van der Waals surface area (Å²) in [4.78, 5) is 25.6. The SMILES string of the molecule is CCCCC(CC(=O)c1cnc(N2CCN(CCC(F)(F)F)CC2)s1)Cc1c[nH]c2ccccc12. The van der Waals surface area contributed by atoms with Crippen LogP contribution in [0.5, 0.6) is 0 Å². The van der Waals surface area contributed by atoms with Crippen molar-refractivity contribution in [2.75, 3.05) is 37.6 Å². The van der Waals surface area contributed by atoms with Gasteiger partial charge in [0.2, 0.25) is 0 Å². The summed E-state index contributed by atoms with van der Waals surface area (Å²) in [7, 11) is 0. The van der Waals surface area contributed by atoms with Crippen molar-refractivity contribution in [3.63, 3.8) is 0 Å². The van der Waals surface area contributed by atoms with E-state index in [1.165, 1.54) is 22.3 Å². The van der Waals surface area contributed by atoms with Gasteiger partial charge in [0, 0.05) is 56.2 Å². The van der Waals surface area contributed by atoms with E-state index in [1.807, 2.05) is 17.0 Å². The van der Waals surface area contributed by atoms with Crippen molar-refractivity contribution in [2.45, 2.75) is 51.6 Å². The molecular formula is C26H33F3N4OS. The minimum absolute atomic E-state index is 0.0362. The van der Waals surface area contributed by atoms with Crippen molar-refractivity contribution in [1.82, 2.24) is 14.9 Å². The highest BCUT2D eigenvalue weighted by Crippen LogP contribution is 2.29. The predicted octanol–water partition coefficient (Wildman–Crippen LogP) is 6.32. The lowest BCUT2D eigenvalue weighted by Crippen LogP contribution is -2.47. The lowest BCUT2D eigenvalue weighted by Gasteiger charge is -2.34. The van der Waals surface area contributed by atoms with Gasteiger partial charge in [-0.25, -0.2) is 4.98 Å². The van der Waals surface area contributed by atoms with Crippen LogP contribution in [-0.4, -0.2) is 59.6 Å². The lowest BCUT2D eigenvalue weighted by atomic mass is 9.89. The second kappa shape index (κ2) is 11.6. The summed E-state index contributed by atoms with van der Waals surface area (Å²) in [6, 6.07) is 8.25. The van der Waals surface area contributed by atoms with E-state index in [9.17, 15) is 18.0 Å². The molecule has 3 aromatic rings. The number of unbranched alkanes of at least 4 members (excludes halogenated alkanes) is 1. The Kier molecular flexibility index (Phi) is 8.49. The van der Waals surface area contributed by atoms with E-state index in [1.54, 1.807) is 6.20 Å². The number of hydrogen-bond acceptors (Lipinski definition) is 5. The first-order chi connectivity index (χ1) is 16.8. The molecule has 1 N–H and O–H groups in total. The van der Waals surface area contributed by atoms with Crippen molar-refractivity contribution in [3.8, 4) is 0 Å². The Balaban J connectivity index is 1.34. The van der Waals surface area contributed by atoms with E-state index >= 15 is 0 Å². The summed E-state index contributed by atoms with van der Waals surface area (Å²) in [5, 5.41) is 2.00. The molecule has 0 radical (unpaired) electrons. The van der Waals surface area contributed by atoms with E-state index in [0.717, 1.165) is 36.3 Å². The molecule has 9 heteroatoms. The van der Waals surface area contributed by atoms with Crippen LogP contribution >= 0.6 is 11.3 Å². The standard InChI is InChI=1S/C26H33F3N4OS/c1-2-3-6-19(15-20-17-30-22-8-5-4-7-21(20)22)16-23(34)24-18-31-25(35-24)33-13-11-32(12-14-33)10-9-26(27,28)29/h4-5,7-8,17-19,30H,2-3,6,9-16H2,1H3. The minimum atomic E-state index is -4.12. The molecule has 0 saturated carbocycles. The highest BCUT2D eigenvalue weighted by atomic mass is 32.1. The van der Waals surface area contributed by atoms with Crippen LogP contribution < -0.4 is 4.90 Å². The monoisotopic (exact) mass is 506 g/mol. The first kappa shape index (κ1) is 25.7. The van der Waals surface area contributed by atoms with Crippen LogP contribution in [0.25, 0.3) is 10.9 Å². The van der Waals surface area contributed by atoms with Gasteiger partial charge in [-0.15, -0.1) is 0 Å². The fourth-order valence-electron chi connectivity index (χ4n) is 4.73. The van der Waals surface area contributed by atoms with Crippen LogP contribution in [0.15, 0.2) is 36.7 Å². The molecule has 1 aliphatic heterocycles. The van der Waals surface area contributed by atoms with E-state index in [0.29, 0.717) is 37.5 Å². The van der Waals surface area contributed by atoms with E-state index < -0.39 is 12.6 Å². The van der Waals surface area contributed by atoms with Crippen molar-refractivity contribution < 1.29 is 18.0 Å². The molecule has 35 heavy (non-hydrogen) atoms. The fourth-order valence-corrected chi connectivity index (χ4v) is 5.65. The van der Waals surface area contributed by atoms with Gasteiger partial charge in [0.25, 0.3) is 0 Å². The third-order valence-electron chi connectivity index (χ3n) is 6.75. The molecule has 1 aliphatic rings. The van der Waals surface area contributed by atoms with E-state index in [2.05, 4.69) is 40.1 Å². The number of carbonyl (C=O) groups excluding carboxylic acids is 1. The number of anilines is 1. The van der Waals surface area contributed by atoms with Crippen LogP contribution in [0.1, 0.15) is 54.3 Å². The number of aromatic nitrogens is 2. The van der Waals surface area contributed by atoms with Gasteiger partial charge in [-0.2, -0.15) is 13.2 Å². The number of benzene rings is 1. The third kappa shape index (κ3) is 7.07. The van der Waals surface area contributed by atoms with Crippen LogP contribution in [-0.2, 0) is 6.42 Å². The number of hydrogen-bond donors (Lipinski definition) is 1. The maximum Gasteiger partial charge on any atom is 0.390 e. The largest absolute Gasteiger partial charge is 0.390 e. The Morgan fingerprint density at radius 3 is 2.71 bits per heavy atom. The summed E-state index contributed by atoms with van der Waals surface area (Å²) < 4.78 is 37.5. The molecule has 0 bridgehead atoms. The number of H-pyrrole nitrogens is 1. The smallest absolute Gasteiger partial charge is 0.361 e. The van der Waals surface area contributed by atoms with Crippen molar-refractivity contribution >= 4 is 33.2 Å². The first-order valence-corrected chi connectivity index (χ1v) is 13.2. The lowest BCUT2D eigenvalue weighted by molar-refractivity contribution is -0.138. The summed E-state index contributed by atoms with van der Waals surface area (Å²) in [6.07, 6.45) is 3.38. The maximum atomic E-state index is 13.2. The third-order valence-corrected chi connectivity index (χ3v) is 7.85. The Labute approximate surface area is 208 Å². The van der Waals surface area contributed by atoms with Crippen LogP contribution in [0.4, 0.5) is 18.3 Å². The fraction of sp³-hybridized carbons (Fsp3) is 0.538. The molecule has 1 atom stereocenters. The predicted molar refractivity (Wildman–Crippen MR) is 135 cm³/mol. The number of alkyl halides is 3.